The van der Waals surface area contributed by atoms with Crippen LogP contribution < -0.4 is 9.64 Å². The second-order valence-corrected chi connectivity index (χ2v) is 8.64. The number of carboxylic acids is 1. The number of aromatic nitrogens is 1. The zero-order chi connectivity index (χ0) is 23.6. The Morgan fingerprint density at radius 3 is 2.61 bits per heavy atom. The molecule has 172 valence electrons. The number of carboxylic acid groups (broad SMARTS) is 1. The highest BCUT2D eigenvalue weighted by Gasteiger charge is 2.35. The minimum atomic E-state index is -4.56. The van der Waals surface area contributed by atoms with Crippen LogP contribution in [-0.2, 0) is 11.0 Å². The van der Waals surface area contributed by atoms with Crippen molar-refractivity contribution in [2.45, 2.75) is 34.9 Å². The SMILES string of the molecule is COc1ccccc1Sc1ccc(-c2ccnc(N3CCCC3C(=O)O)c2)cc1C(F)(F)F. The lowest BCUT2D eigenvalue weighted by atomic mass is 10.0. The number of carbonyl (C=O) groups is 1. The second kappa shape index (κ2) is 9.35. The standard InChI is InChI=1S/C24H21F3N2O3S/c1-32-19-6-2-3-7-21(19)33-20-9-8-15(13-17(20)24(25,26)27)16-10-11-28-22(14-16)29-12-4-5-18(29)23(30)31/h2-3,6-11,13-14,18H,4-5,12H2,1H3,(H,30,31). The number of anilines is 1. The number of para-hydroxylation sites is 1. The van der Waals surface area contributed by atoms with Crippen molar-refractivity contribution in [1.82, 2.24) is 4.98 Å². The molecule has 0 saturated carbocycles. The average Bonchev–Trinajstić information content (AvgIpc) is 3.30. The summed E-state index contributed by atoms with van der Waals surface area (Å²) in [7, 11) is 1.48. The molecule has 1 N–H and O–H groups in total. The van der Waals surface area contributed by atoms with Crippen molar-refractivity contribution < 1.29 is 27.8 Å². The third kappa shape index (κ3) is 4.93. The lowest BCUT2D eigenvalue weighted by Crippen LogP contribution is -2.36. The molecule has 4 rings (SSSR count). The molecule has 1 aliphatic rings. The van der Waals surface area contributed by atoms with Crippen molar-refractivity contribution in [3.63, 3.8) is 0 Å². The van der Waals surface area contributed by atoms with E-state index < -0.39 is 23.8 Å². The average molecular weight is 475 g/mol. The van der Waals surface area contributed by atoms with Crippen LogP contribution in [0.15, 0.2) is 70.6 Å². The molecule has 3 aromatic rings. The van der Waals surface area contributed by atoms with Crippen molar-refractivity contribution in [2.75, 3.05) is 18.6 Å². The molecule has 1 atom stereocenters. The van der Waals surface area contributed by atoms with E-state index in [4.69, 9.17) is 4.74 Å². The van der Waals surface area contributed by atoms with Gasteiger partial charge in [-0.3, -0.25) is 0 Å². The second-order valence-electron chi connectivity index (χ2n) is 7.55. The predicted molar refractivity (Wildman–Crippen MR) is 120 cm³/mol. The number of halogens is 3. The Balaban J connectivity index is 1.70. The van der Waals surface area contributed by atoms with Gasteiger partial charge in [-0.05, 0) is 60.4 Å². The first kappa shape index (κ1) is 23.0. The highest BCUT2D eigenvalue weighted by atomic mass is 32.2. The van der Waals surface area contributed by atoms with Gasteiger partial charge in [0.05, 0.1) is 17.6 Å². The fourth-order valence-electron chi connectivity index (χ4n) is 3.89. The number of ether oxygens (including phenoxy) is 1. The number of hydrogen-bond acceptors (Lipinski definition) is 5. The molecule has 0 radical (unpaired) electrons. The van der Waals surface area contributed by atoms with Gasteiger partial charge < -0.3 is 14.7 Å². The Hall–Kier alpha value is -3.20. The minimum Gasteiger partial charge on any atom is -0.496 e. The predicted octanol–water partition coefficient (Wildman–Crippen LogP) is 5.98. The number of alkyl halides is 3. The van der Waals surface area contributed by atoms with Crippen LogP contribution in [-0.4, -0.2) is 35.8 Å². The van der Waals surface area contributed by atoms with E-state index in [0.29, 0.717) is 40.6 Å². The highest BCUT2D eigenvalue weighted by Crippen LogP contribution is 2.43. The van der Waals surface area contributed by atoms with E-state index in [1.54, 1.807) is 47.4 Å². The van der Waals surface area contributed by atoms with Crippen molar-refractivity contribution in [1.29, 1.82) is 0 Å². The molecule has 1 aliphatic heterocycles. The van der Waals surface area contributed by atoms with Crippen molar-refractivity contribution in [2.24, 2.45) is 0 Å². The van der Waals surface area contributed by atoms with Gasteiger partial charge in [0.1, 0.15) is 17.6 Å². The van der Waals surface area contributed by atoms with Gasteiger partial charge in [-0.2, -0.15) is 13.2 Å². The van der Waals surface area contributed by atoms with E-state index in [-0.39, 0.29) is 4.90 Å². The van der Waals surface area contributed by atoms with E-state index in [1.165, 1.54) is 19.4 Å². The van der Waals surface area contributed by atoms with Crippen LogP contribution in [0, 0.1) is 0 Å². The maximum atomic E-state index is 14.0. The summed E-state index contributed by atoms with van der Waals surface area (Å²) in [6.45, 7) is 0.537. The third-order valence-electron chi connectivity index (χ3n) is 5.48. The van der Waals surface area contributed by atoms with Crippen LogP contribution in [0.3, 0.4) is 0 Å². The number of pyridine rings is 1. The highest BCUT2D eigenvalue weighted by molar-refractivity contribution is 7.99. The van der Waals surface area contributed by atoms with Crippen LogP contribution >= 0.6 is 11.8 Å². The Bertz CT molecular complexity index is 1170. The molecule has 2 aromatic carbocycles. The number of rotatable bonds is 6. The van der Waals surface area contributed by atoms with Crippen LogP contribution in [0.1, 0.15) is 18.4 Å². The topological polar surface area (TPSA) is 62.7 Å². The Labute approximate surface area is 193 Å². The van der Waals surface area contributed by atoms with E-state index in [2.05, 4.69) is 4.98 Å². The molecule has 1 saturated heterocycles. The van der Waals surface area contributed by atoms with E-state index in [9.17, 15) is 23.1 Å². The summed E-state index contributed by atoms with van der Waals surface area (Å²) >= 11 is 0.992. The normalized spacial score (nSPS) is 16.1. The zero-order valence-electron chi connectivity index (χ0n) is 17.7. The first-order chi connectivity index (χ1) is 15.8. The van der Waals surface area contributed by atoms with Crippen molar-refractivity contribution in [3.8, 4) is 16.9 Å². The minimum absolute atomic E-state index is 0.0653. The molecule has 33 heavy (non-hydrogen) atoms. The van der Waals surface area contributed by atoms with Gasteiger partial charge in [-0.1, -0.05) is 30.0 Å². The number of aliphatic carboxylic acids is 1. The van der Waals surface area contributed by atoms with Crippen LogP contribution in [0.4, 0.5) is 19.0 Å². The van der Waals surface area contributed by atoms with E-state index in [0.717, 1.165) is 24.2 Å². The number of methoxy groups -OCH3 is 1. The number of hydrogen-bond donors (Lipinski definition) is 1. The summed E-state index contributed by atoms with van der Waals surface area (Å²) in [4.78, 5) is 18.1. The Morgan fingerprint density at radius 1 is 1.12 bits per heavy atom. The fourth-order valence-corrected chi connectivity index (χ4v) is 4.95. The van der Waals surface area contributed by atoms with Gasteiger partial charge in [0.25, 0.3) is 0 Å². The quantitative estimate of drug-likeness (QED) is 0.474. The van der Waals surface area contributed by atoms with Crippen LogP contribution in [0.25, 0.3) is 11.1 Å². The van der Waals surface area contributed by atoms with Gasteiger partial charge in [0, 0.05) is 17.6 Å². The smallest absolute Gasteiger partial charge is 0.417 e. The maximum absolute atomic E-state index is 14.0. The molecular formula is C24H21F3N2O3S. The molecule has 1 unspecified atom stereocenters. The maximum Gasteiger partial charge on any atom is 0.417 e. The molecule has 9 heteroatoms. The van der Waals surface area contributed by atoms with Gasteiger partial charge in [-0.15, -0.1) is 0 Å². The zero-order valence-corrected chi connectivity index (χ0v) is 18.5. The van der Waals surface area contributed by atoms with Gasteiger partial charge in [-0.25, -0.2) is 9.78 Å². The van der Waals surface area contributed by atoms with Crippen molar-refractivity contribution >= 4 is 23.5 Å². The first-order valence-corrected chi connectivity index (χ1v) is 11.1. The third-order valence-corrected chi connectivity index (χ3v) is 6.62. The number of benzene rings is 2. The van der Waals surface area contributed by atoms with Crippen LogP contribution in [0.5, 0.6) is 5.75 Å². The summed E-state index contributed by atoms with van der Waals surface area (Å²) < 4.78 is 47.2. The number of nitrogens with zero attached hydrogens (tertiary/aromatic N) is 2. The Morgan fingerprint density at radius 2 is 1.88 bits per heavy atom. The Kier molecular flexibility index (Phi) is 6.51. The molecule has 1 aromatic heterocycles. The molecule has 1 fully saturated rings. The molecular weight excluding hydrogens is 453 g/mol. The van der Waals surface area contributed by atoms with Crippen molar-refractivity contribution in [3.05, 3.63) is 66.4 Å². The first-order valence-electron chi connectivity index (χ1n) is 10.3. The van der Waals surface area contributed by atoms with E-state index >= 15 is 0 Å². The molecule has 5 nitrogen and oxygen atoms in total. The lowest BCUT2D eigenvalue weighted by molar-refractivity contribution is -0.140. The van der Waals surface area contributed by atoms with Crippen LogP contribution in [0.2, 0.25) is 0 Å². The summed E-state index contributed by atoms with van der Waals surface area (Å²) in [5.41, 5.74) is 0.163. The summed E-state index contributed by atoms with van der Waals surface area (Å²) in [6.07, 6.45) is -1.84. The lowest BCUT2D eigenvalue weighted by Gasteiger charge is -2.23. The van der Waals surface area contributed by atoms with Gasteiger partial charge in [0.15, 0.2) is 0 Å². The van der Waals surface area contributed by atoms with E-state index in [1.807, 2.05) is 0 Å². The summed E-state index contributed by atoms with van der Waals surface area (Å²) in [5.74, 6) is 0.00675. The molecule has 2 heterocycles. The molecule has 0 bridgehead atoms. The summed E-state index contributed by atoms with van der Waals surface area (Å²) in [5, 5.41) is 9.44. The monoisotopic (exact) mass is 474 g/mol. The van der Waals surface area contributed by atoms with Gasteiger partial charge >= 0.3 is 12.1 Å². The summed E-state index contributed by atoms with van der Waals surface area (Å²) in [6, 6.07) is 13.7. The molecule has 0 spiro atoms. The van der Waals surface area contributed by atoms with Gasteiger partial charge in [0.2, 0.25) is 0 Å². The molecule has 0 amide bonds. The fraction of sp³-hybridized carbons (Fsp3) is 0.250. The molecule has 0 aliphatic carbocycles. The largest absolute Gasteiger partial charge is 0.496 e.